The molecule has 2 aromatic rings. The van der Waals surface area contributed by atoms with Gasteiger partial charge in [0.25, 0.3) is 0 Å². The molecule has 0 spiro atoms. The summed E-state index contributed by atoms with van der Waals surface area (Å²) in [5, 5.41) is -0.0773. The van der Waals surface area contributed by atoms with Crippen molar-refractivity contribution >= 4 is 22.6 Å². The molecule has 0 aliphatic carbocycles. The molecule has 0 aromatic carbocycles. The normalized spacial score (nSPS) is 22.2. The highest BCUT2D eigenvalue weighted by Crippen LogP contribution is 2.27. The van der Waals surface area contributed by atoms with Gasteiger partial charge in [-0.1, -0.05) is 0 Å². The number of nitrogens with zero attached hydrogens (tertiary/aromatic N) is 4. The number of imidazole rings is 1. The summed E-state index contributed by atoms with van der Waals surface area (Å²) in [5.41, 5.74) is 2.09. The van der Waals surface area contributed by atoms with Crippen LogP contribution in [0.4, 0.5) is 0 Å². The first kappa shape index (κ1) is 12.9. The molecule has 2 unspecified atom stereocenters. The molecule has 1 fully saturated rings. The number of hydrogen-bond acceptors (Lipinski definition) is 3. The zero-order valence-electron chi connectivity index (χ0n) is 11.4. The average Bonchev–Trinajstić information content (AvgIpc) is 2.95. The smallest absolute Gasteiger partial charge is 0.127 e. The number of rotatable bonds is 3. The Morgan fingerprint density at radius 1 is 1.53 bits per heavy atom. The van der Waals surface area contributed by atoms with Crippen molar-refractivity contribution in [3.8, 4) is 0 Å². The van der Waals surface area contributed by atoms with Gasteiger partial charge in [-0.2, -0.15) is 0 Å². The van der Waals surface area contributed by atoms with E-state index in [0.717, 1.165) is 29.9 Å². The summed E-state index contributed by atoms with van der Waals surface area (Å²) in [5.74, 6) is 1.64. The quantitative estimate of drug-likeness (QED) is 0.810. The van der Waals surface area contributed by atoms with Crippen molar-refractivity contribution in [1.29, 1.82) is 0 Å². The monoisotopic (exact) mass is 278 g/mol. The second-order valence-electron chi connectivity index (χ2n) is 5.48. The van der Waals surface area contributed by atoms with Crippen LogP contribution >= 0.6 is 11.6 Å². The zero-order valence-corrected chi connectivity index (χ0v) is 12.1. The summed E-state index contributed by atoms with van der Waals surface area (Å²) in [7, 11) is 2.18. The Morgan fingerprint density at radius 3 is 3.05 bits per heavy atom. The second-order valence-corrected chi connectivity index (χ2v) is 6.13. The van der Waals surface area contributed by atoms with E-state index < -0.39 is 0 Å². The SMILES string of the molecule is CC(Cl)c1nc2cnccc2n1CC1CCN(C)C1. The van der Waals surface area contributed by atoms with Crippen LogP contribution in [0.25, 0.3) is 11.0 Å². The van der Waals surface area contributed by atoms with E-state index in [1.165, 1.54) is 13.0 Å². The van der Waals surface area contributed by atoms with Crippen molar-refractivity contribution in [3.63, 3.8) is 0 Å². The highest BCUT2D eigenvalue weighted by atomic mass is 35.5. The molecule has 1 aliphatic heterocycles. The number of likely N-dealkylation sites (tertiary alicyclic amines) is 1. The molecule has 0 amide bonds. The van der Waals surface area contributed by atoms with Gasteiger partial charge in [-0.15, -0.1) is 11.6 Å². The lowest BCUT2D eigenvalue weighted by molar-refractivity contribution is 0.377. The zero-order chi connectivity index (χ0) is 13.4. The summed E-state index contributed by atoms with van der Waals surface area (Å²) in [6.45, 7) is 5.32. The lowest BCUT2D eigenvalue weighted by atomic mass is 10.1. The van der Waals surface area contributed by atoms with E-state index in [4.69, 9.17) is 11.6 Å². The Balaban J connectivity index is 1.98. The minimum atomic E-state index is -0.0773. The first-order valence-electron chi connectivity index (χ1n) is 6.78. The molecule has 4 nitrogen and oxygen atoms in total. The predicted octanol–water partition coefficient (Wildman–Crippen LogP) is 2.68. The third kappa shape index (κ3) is 2.47. The highest BCUT2D eigenvalue weighted by molar-refractivity contribution is 6.20. The van der Waals surface area contributed by atoms with Crippen LogP contribution in [0.5, 0.6) is 0 Å². The highest BCUT2D eigenvalue weighted by Gasteiger charge is 2.23. The van der Waals surface area contributed by atoms with Crippen LogP contribution in [0.3, 0.4) is 0 Å². The van der Waals surface area contributed by atoms with Gasteiger partial charge in [-0.25, -0.2) is 4.98 Å². The van der Waals surface area contributed by atoms with Crippen molar-refractivity contribution in [2.45, 2.75) is 25.3 Å². The van der Waals surface area contributed by atoms with Gasteiger partial charge >= 0.3 is 0 Å². The Labute approximate surface area is 118 Å². The number of pyridine rings is 1. The van der Waals surface area contributed by atoms with Crippen LogP contribution in [0, 0.1) is 5.92 Å². The van der Waals surface area contributed by atoms with Gasteiger partial charge in [-0.05, 0) is 38.9 Å². The van der Waals surface area contributed by atoms with E-state index in [0.29, 0.717) is 5.92 Å². The van der Waals surface area contributed by atoms with Crippen molar-refractivity contribution < 1.29 is 0 Å². The van der Waals surface area contributed by atoms with Gasteiger partial charge in [0.05, 0.1) is 17.1 Å². The maximum Gasteiger partial charge on any atom is 0.127 e. The maximum atomic E-state index is 6.28. The Kier molecular flexibility index (Phi) is 3.46. The van der Waals surface area contributed by atoms with Crippen LogP contribution in [-0.2, 0) is 6.54 Å². The van der Waals surface area contributed by atoms with E-state index in [1.54, 1.807) is 0 Å². The summed E-state index contributed by atoms with van der Waals surface area (Å²) in [4.78, 5) is 11.2. The average molecular weight is 279 g/mol. The van der Waals surface area contributed by atoms with Crippen LogP contribution in [0.1, 0.15) is 24.5 Å². The van der Waals surface area contributed by atoms with Gasteiger partial charge in [0.1, 0.15) is 11.3 Å². The molecule has 3 heterocycles. The lowest BCUT2D eigenvalue weighted by Crippen LogP contribution is -2.18. The standard InChI is InChI=1S/C14H19ClN4/c1-10(15)14-17-12-7-16-5-3-13(12)19(14)9-11-4-6-18(2)8-11/h3,5,7,10-11H,4,6,8-9H2,1-2H3. The van der Waals surface area contributed by atoms with Crippen molar-refractivity contribution in [3.05, 3.63) is 24.3 Å². The van der Waals surface area contributed by atoms with Crippen molar-refractivity contribution in [2.75, 3.05) is 20.1 Å². The van der Waals surface area contributed by atoms with Crippen LogP contribution in [0.2, 0.25) is 0 Å². The van der Waals surface area contributed by atoms with E-state index in [9.17, 15) is 0 Å². The van der Waals surface area contributed by atoms with Gasteiger partial charge in [-0.3, -0.25) is 4.98 Å². The van der Waals surface area contributed by atoms with Crippen LogP contribution in [0.15, 0.2) is 18.5 Å². The molecule has 0 saturated carbocycles. The van der Waals surface area contributed by atoms with Crippen LogP contribution in [-0.4, -0.2) is 39.6 Å². The summed E-state index contributed by atoms with van der Waals surface area (Å²) < 4.78 is 2.28. The number of hydrogen-bond donors (Lipinski definition) is 0. The first-order valence-corrected chi connectivity index (χ1v) is 7.21. The second kappa shape index (κ2) is 5.10. The third-order valence-electron chi connectivity index (χ3n) is 3.87. The minimum absolute atomic E-state index is 0.0773. The fourth-order valence-corrected chi connectivity index (χ4v) is 3.10. The Morgan fingerprint density at radius 2 is 2.37 bits per heavy atom. The molecule has 0 N–H and O–H groups in total. The van der Waals surface area contributed by atoms with Crippen molar-refractivity contribution in [1.82, 2.24) is 19.4 Å². The molecular formula is C14H19ClN4. The molecule has 102 valence electrons. The van der Waals surface area contributed by atoms with Gasteiger partial charge in [0.2, 0.25) is 0 Å². The number of halogens is 1. The van der Waals surface area contributed by atoms with E-state index in [-0.39, 0.29) is 5.38 Å². The summed E-state index contributed by atoms with van der Waals surface area (Å²) in [6.07, 6.45) is 4.89. The van der Waals surface area contributed by atoms with Gasteiger partial charge in [0.15, 0.2) is 0 Å². The Hall–Kier alpha value is -1.13. The number of fused-ring (bicyclic) bond motifs is 1. The molecule has 0 bridgehead atoms. The fourth-order valence-electron chi connectivity index (χ4n) is 2.93. The molecule has 2 atom stereocenters. The minimum Gasteiger partial charge on any atom is -0.326 e. The molecule has 19 heavy (non-hydrogen) atoms. The summed E-state index contributed by atoms with van der Waals surface area (Å²) in [6, 6.07) is 2.03. The Bertz CT molecular complexity index is 578. The first-order chi connectivity index (χ1) is 9.15. The van der Waals surface area contributed by atoms with Gasteiger partial charge in [0, 0.05) is 19.3 Å². The van der Waals surface area contributed by atoms with Crippen LogP contribution < -0.4 is 0 Å². The molecular weight excluding hydrogens is 260 g/mol. The van der Waals surface area contributed by atoms with E-state index in [2.05, 4.69) is 26.5 Å². The molecule has 3 rings (SSSR count). The maximum absolute atomic E-state index is 6.28. The molecule has 5 heteroatoms. The predicted molar refractivity (Wildman–Crippen MR) is 77.4 cm³/mol. The number of aromatic nitrogens is 3. The molecule has 1 aliphatic rings. The van der Waals surface area contributed by atoms with Gasteiger partial charge < -0.3 is 9.47 Å². The molecule has 2 aromatic heterocycles. The largest absolute Gasteiger partial charge is 0.326 e. The molecule has 0 radical (unpaired) electrons. The lowest BCUT2D eigenvalue weighted by Gasteiger charge is -2.15. The third-order valence-corrected chi connectivity index (χ3v) is 4.06. The van der Waals surface area contributed by atoms with Crippen molar-refractivity contribution in [2.24, 2.45) is 5.92 Å². The topological polar surface area (TPSA) is 34.0 Å². The fraction of sp³-hybridized carbons (Fsp3) is 0.571. The van der Waals surface area contributed by atoms with E-state index >= 15 is 0 Å². The summed E-state index contributed by atoms with van der Waals surface area (Å²) >= 11 is 6.28. The van der Waals surface area contributed by atoms with E-state index in [1.807, 2.05) is 25.4 Å². The molecule has 1 saturated heterocycles. The number of alkyl halides is 1.